The van der Waals surface area contributed by atoms with Crippen LogP contribution in [0.1, 0.15) is 26.6 Å². The van der Waals surface area contributed by atoms with Gasteiger partial charge in [0.1, 0.15) is 21.8 Å². The maximum atomic E-state index is 12.6. The van der Waals surface area contributed by atoms with Gasteiger partial charge in [-0.1, -0.05) is 18.2 Å². The molecule has 1 aliphatic rings. The maximum absolute atomic E-state index is 12.6. The number of para-hydroxylation sites is 2. The largest absolute Gasteiger partial charge is 0.493 e. The molecule has 4 aromatic rings. The molecular formula is C21H14N2O5S. The van der Waals surface area contributed by atoms with Crippen molar-refractivity contribution in [1.29, 1.82) is 0 Å². The summed E-state index contributed by atoms with van der Waals surface area (Å²) in [6.07, 6.45) is 0.789. The van der Waals surface area contributed by atoms with Crippen LogP contribution >= 0.6 is 11.3 Å². The smallest absolute Gasteiger partial charge is 0.339 e. The fourth-order valence-electron chi connectivity index (χ4n) is 3.35. The summed E-state index contributed by atoms with van der Waals surface area (Å²) in [6, 6.07) is 12.6. The molecule has 0 aliphatic carbocycles. The molecule has 0 radical (unpaired) electrons. The lowest BCUT2D eigenvalue weighted by Gasteiger charge is -2.06. The Hall–Kier alpha value is -3.65. The van der Waals surface area contributed by atoms with E-state index in [1.54, 1.807) is 29.6 Å². The molecule has 0 unspecified atom stereocenters. The lowest BCUT2D eigenvalue weighted by atomic mass is 10.0. The lowest BCUT2D eigenvalue weighted by Crippen LogP contribution is -2.13. The number of thiophene rings is 1. The number of hydrogen-bond acceptors (Lipinski definition) is 6. The number of aromatic nitrogens is 1. The number of carbonyl (C=O) groups is 2. The molecule has 2 N–H and O–H groups in total. The van der Waals surface area contributed by atoms with E-state index in [9.17, 15) is 14.7 Å². The predicted octanol–water partition coefficient (Wildman–Crippen LogP) is 4.44. The normalized spacial score (nSPS) is 12.6. The van der Waals surface area contributed by atoms with Crippen molar-refractivity contribution in [3.8, 4) is 16.9 Å². The van der Waals surface area contributed by atoms with Crippen LogP contribution in [0.5, 0.6) is 5.75 Å². The summed E-state index contributed by atoms with van der Waals surface area (Å²) in [4.78, 5) is 28.7. The van der Waals surface area contributed by atoms with Crippen LogP contribution < -0.4 is 10.1 Å². The molecular weight excluding hydrogens is 392 g/mol. The molecule has 1 aliphatic heterocycles. The van der Waals surface area contributed by atoms with Crippen LogP contribution in [0.2, 0.25) is 0 Å². The first kappa shape index (κ1) is 17.4. The fourth-order valence-corrected chi connectivity index (χ4v) is 4.31. The van der Waals surface area contributed by atoms with Crippen molar-refractivity contribution < 1.29 is 23.8 Å². The summed E-state index contributed by atoms with van der Waals surface area (Å²) in [5.74, 6) is -1.01. The number of nitrogens with one attached hydrogen (secondary N) is 1. The second-order valence-electron chi connectivity index (χ2n) is 6.52. The first-order valence-electron chi connectivity index (χ1n) is 8.88. The fraction of sp³-hybridized carbons (Fsp3) is 0.0952. The first-order chi connectivity index (χ1) is 14.1. The number of carboxylic acid groups (broad SMARTS) is 1. The lowest BCUT2D eigenvalue weighted by molar-refractivity contribution is 0.0699. The minimum atomic E-state index is -1.12. The molecule has 0 atom stereocenters. The highest BCUT2D eigenvalue weighted by atomic mass is 32.1. The number of ether oxygens (including phenoxy) is 1. The average Bonchev–Trinajstić information content (AvgIpc) is 3.44. The van der Waals surface area contributed by atoms with Gasteiger partial charge < -0.3 is 19.6 Å². The van der Waals surface area contributed by atoms with E-state index in [1.165, 1.54) is 0 Å². The van der Waals surface area contributed by atoms with E-state index in [4.69, 9.17) is 9.15 Å². The van der Waals surface area contributed by atoms with Gasteiger partial charge in [0.15, 0.2) is 5.58 Å². The highest BCUT2D eigenvalue weighted by Gasteiger charge is 2.24. The molecule has 29 heavy (non-hydrogen) atoms. The number of oxazole rings is 1. The number of carboxylic acids is 1. The first-order valence-corrected chi connectivity index (χ1v) is 9.76. The standard InChI is InChI=1S/C21H14N2O5S/c24-18(19-22-14-3-1-2-4-16(14)28-19)23-20-17(21(25)26)13(10-29-20)11-5-6-15-12(9-11)7-8-27-15/h1-6,9-10H,7-8H2,(H,23,24)(H,25,26). The topological polar surface area (TPSA) is 102 Å². The van der Waals surface area contributed by atoms with Crippen LogP contribution in [0.25, 0.3) is 22.2 Å². The Bertz CT molecular complexity index is 1240. The molecule has 1 amide bonds. The number of rotatable bonds is 4. The van der Waals surface area contributed by atoms with Gasteiger partial charge in [-0.05, 0) is 35.4 Å². The third kappa shape index (κ3) is 3.03. The zero-order valence-corrected chi connectivity index (χ0v) is 15.8. The van der Waals surface area contributed by atoms with Crippen molar-refractivity contribution in [2.45, 2.75) is 6.42 Å². The summed E-state index contributed by atoms with van der Waals surface area (Å²) in [6.45, 7) is 0.625. The Morgan fingerprint density at radius 3 is 2.86 bits per heavy atom. The number of amides is 1. The monoisotopic (exact) mass is 406 g/mol. The Balaban J connectivity index is 1.49. The van der Waals surface area contributed by atoms with Crippen molar-refractivity contribution in [2.75, 3.05) is 11.9 Å². The maximum Gasteiger partial charge on any atom is 0.339 e. The Kier molecular flexibility index (Phi) is 4.06. The Morgan fingerprint density at radius 1 is 1.17 bits per heavy atom. The number of nitrogens with zero attached hydrogens (tertiary/aromatic N) is 1. The van der Waals surface area contributed by atoms with Crippen LogP contribution in [0, 0.1) is 0 Å². The van der Waals surface area contributed by atoms with Crippen LogP contribution in [0.3, 0.4) is 0 Å². The van der Waals surface area contributed by atoms with Crippen molar-refractivity contribution in [2.24, 2.45) is 0 Å². The van der Waals surface area contributed by atoms with Crippen molar-refractivity contribution >= 4 is 39.3 Å². The molecule has 0 bridgehead atoms. The molecule has 8 heteroatoms. The predicted molar refractivity (Wildman–Crippen MR) is 108 cm³/mol. The summed E-state index contributed by atoms with van der Waals surface area (Å²) < 4.78 is 11.0. The van der Waals surface area contributed by atoms with Crippen LogP contribution in [-0.2, 0) is 6.42 Å². The minimum Gasteiger partial charge on any atom is -0.493 e. The summed E-state index contributed by atoms with van der Waals surface area (Å²) in [5, 5.41) is 14.4. The van der Waals surface area contributed by atoms with Gasteiger partial charge in [-0.25, -0.2) is 9.78 Å². The van der Waals surface area contributed by atoms with E-state index in [0.29, 0.717) is 23.3 Å². The van der Waals surface area contributed by atoms with Gasteiger partial charge in [-0.3, -0.25) is 4.79 Å². The van der Waals surface area contributed by atoms with Gasteiger partial charge in [-0.15, -0.1) is 11.3 Å². The zero-order chi connectivity index (χ0) is 20.0. The van der Waals surface area contributed by atoms with Gasteiger partial charge >= 0.3 is 11.9 Å². The van der Waals surface area contributed by atoms with Crippen LogP contribution in [0.15, 0.2) is 52.3 Å². The van der Waals surface area contributed by atoms with Gasteiger partial charge in [0.25, 0.3) is 5.89 Å². The Morgan fingerprint density at radius 2 is 2.03 bits per heavy atom. The summed E-state index contributed by atoms with van der Waals surface area (Å²) in [7, 11) is 0. The van der Waals surface area contributed by atoms with E-state index in [0.717, 1.165) is 34.6 Å². The van der Waals surface area contributed by atoms with Crippen LogP contribution in [0.4, 0.5) is 5.00 Å². The quantitative estimate of drug-likeness (QED) is 0.519. The SMILES string of the molecule is O=C(Nc1scc(-c2ccc3c(c2)CCO3)c1C(=O)O)c1nc2ccccc2o1. The van der Waals surface area contributed by atoms with E-state index in [-0.39, 0.29) is 16.5 Å². The average molecular weight is 406 g/mol. The second-order valence-corrected chi connectivity index (χ2v) is 7.40. The van der Waals surface area contributed by atoms with E-state index >= 15 is 0 Å². The molecule has 7 nitrogen and oxygen atoms in total. The number of benzene rings is 2. The number of fused-ring (bicyclic) bond motifs is 2. The van der Waals surface area contributed by atoms with E-state index < -0.39 is 11.9 Å². The van der Waals surface area contributed by atoms with E-state index in [2.05, 4.69) is 10.3 Å². The molecule has 2 aromatic heterocycles. The molecule has 3 heterocycles. The van der Waals surface area contributed by atoms with Gasteiger partial charge in [0.2, 0.25) is 0 Å². The van der Waals surface area contributed by atoms with Gasteiger partial charge in [-0.2, -0.15) is 0 Å². The highest BCUT2D eigenvalue weighted by molar-refractivity contribution is 7.15. The molecule has 0 saturated carbocycles. The van der Waals surface area contributed by atoms with Crippen molar-refractivity contribution in [3.63, 3.8) is 0 Å². The molecule has 2 aromatic carbocycles. The molecule has 144 valence electrons. The molecule has 0 spiro atoms. The summed E-state index contributed by atoms with van der Waals surface area (Å²) >= 11 is 1.15. The number of aromatic carboxylic acids is 1. The third-order valence-corrected chi connectivity index (χ3v) is 5.62. The Labute approximate surface area is 168 Å². The summed E-state index contributed by atoms with van der Waals surface area (Å²) in [5.41, 5.74) is 3.45. The number of anilines is 1. The van der Waals surface area contributed by atoms with Crippen LogP contribution in [-0.4, -0.2) is 28.6 Å². The zero-order valence-electron chi connectivity index (χ0n) is 15.0. The molecule has 5 rings (SSSR count). The van der Waals surface area contributed by atoms with Gasteiger partial charge in [0.05, 0.1) is 6.61 Å². The molecule has 0 fully saturated rings. The van der Waals surface area contributed by atoms with Crippen molar-refractivity contribution in [1.82, 2.24) is 4.98 Å². The second kappa shape index (κ2) is 6.75. The minimum absolute atomic E-state index is 0.0401. The van der Waals surface area contributed by atoms with Crippen molar-refractivity contribution in [3.05, 3.63) is 64.9 Å². The number of carbonyl (C=O) groups excluding carboxylic acids is 1. The number of hydrogen-bond donors (Lipinski definition) is 2. The van der Waals surface area contributed by atoms with Gasteiger partial charge in [0, 0.05) is 17.4 Å². The molecule has 0 saturated heterocycles. The van der Waals surface area contributed by atoms with E-state index in [1.807, 2.05) is 18.2 Å². The highest BCUT2D eigenvalue weighted by Crippen LogP contribution is 2.38. The third-order valence-electron chi connectivity index (χ3n) is 4.72.